The topological polar surface area (TPSA) is 58.2 Å². The highest BCUT2D eigenvalue weighted by Crippen LogP contribution is 2.39. The summed E-state index contributed by atoms with van der Waals surface area (Å²) in [5, 5.41) is 6.54. The molecule has 2 aromatic rings. The molecule has 1 heterocycles. The van der Waals surface area contributed by atoms with Gasteiger partial charge in [-0.2, -0.15) is 0 Å². The number of hydrogen-bond acceptors (Lipinski definition) is 3. The van der Waals surface area contributed by atoms with E-state index in [-0.39, 0.29) is 6.03 Å². The first-order valence-electron chi connectivity index (χ1n) is 7.35. The fourth-order valence-electron chi connectivity index (χ4n) is 2.60. The zero-order chi connectivity index (χ0) is 16.4. The van der Waals surface area contributed by atoms with Crippen LogP contribution in [0.4, 0.5) is 15.5 Å². The van der Waals surface area contributed by atoms with E-state index in [4.69, 9.17) is 0 Å². The average Bonchev–Trinajstić information content (AvgIpc) is 2.86. The Balaban J connectivity index is 1.81. The summed E-state index contributed by atoms with van der Waals surface area (Å²) in [6, 6.07) is 7.38. The number of carbonyl (C=O) groups is 1. The minimum absolute atomic E-state index is 0.275. The number of benzene rings is 1. The van der Waals surface area contributed by atoms with Gasteiger partial charge in [0.1, 0.15) is 9.21 Å². The number of rotatable bonds is 3. The Morgan fingerprint density at radius 1 is 1.30 bits per heavy atom. The molecule has 0 saturated heterocycles. The number of nitrogens with one attached hydrogen (secondary N) is 2. The van der Waals surface area contributed by atoms with Crippen LogP contribution in [-0.4, -0.2) is 16.5 Å². The molecule has 0 saturated carbocycles. The molecule has 1 unspecified atom stereocenters. The lowest BCUT2D eigenvalue weighted by molar-refractivity contribution is 0.262. The summed E-state index contributed by atoms with van der Waals surface area (Å²) in [5.74, 6) is 0. The van der Waals surface area contributed by atoms with E-state index in [2.05, 4.69) is 16.7 Å². The van der Waals surface area contributed by atoms with Gasteiger partial charge in [0.25, 0.3) is 0 Å². The van der Waals surface area contributed by atoms with Gasteiger partial charge in [-0.3, -0.25) is 9.53 Å². The Bertz CT molecular complexity index is 809. The first-order chi connectivity index (χ1) is 11.0. The highest BCUT2D eigenvalue weighted by atomic mass is 32.2. The Morgan fingerprint density at radius 3 is 2.87 bits per heavy atom. The number of fused-ring (bicyclic) bond motifs is 1. The zero-order valence-electron chi connectivity index (χ0n) is 13.0. The first-order valence-corrected chi connectivity index (χ1v) is 9.72. The second-order valence-electron chi connectivity index (χ2n) is 5.45. The SMILES string of the molecule is Cc1cccc(NC(=O)Nc2sc(S(C)=O)c3c2CCC=C3)c1. The monoisotopic (exact) mass is 346 g/mol. The minimum Gasteiger partial charge on any atom is -0.308 e. The molecule has 23 heavy (non-hydrogen) atoms. The van der Waals surface area contributed by atoms with Crippen LogP contribution in [0.3, 0.4) is 0 Å². The van der Waals surface area contributed by atoms with Crippen molar-refractivity contribution < 1.29 is 9.00 Å². The predicted molar refractivity (Wildman–Crippen MR) is 97.8 cm³/mol. The maximum Gasteiger partial charge on any atom is 0.324 e. The van der Waals surface area contributed by atoms with Gasteiger partial charge < -0.3 is 5.32 Å². The van der Waals surface area contributed by atoms with Gasteiger partial charge in [-0.15, -0.1) is 11.3 Å². The number of anilines is 2. The summed E-state index contributed by atoms with van der Waals surface area (Å²) in [5.41, 5.74) is 3.94. The summed E-state index contributed by atoms with van der Waals surface area (Å²) < 4.78 is 12.7. The molecule has 2 N–H and O–H groups in total. The fourth-order valence-corrected chi connectivity index (χ4v) is 4.79. The Hall–Kier alpha value is -1.92. The van der Waals surface area contributed by atoms with Crippen molar-refractivity contribution in [2.24, 2.45) is 0 Å². The van der Waals surface area contributed by atoms with Crippen LogP contribution in [-0.2, 0) is 17.2 Å². The molecule has 1 aliphatic rings. The molecule has 1 atom stereocenters. The van der Waals surface area contributed by atoms with E-state index in [1.165, 1.54) is 11.3 Å². The Morgan fingerprint density at radius 2 is 2.13 bits per heavy atom. The largest absolute Gasteiger partial charge is 0.324 e. The van der Waals surface area contributed by atoms with Crippen LogP contribution < -0.4 is 10.6 Å². The third-order valence-corrected chi connectivity index (χ3v) is 6.28. The molecule has 1 aromatic carbocycles. The number of urea groups is 1. The molecule has 120 valence electrons. The quantitative estimate of drug-likeness (QED) is 0.865. The van der Waals surface area contributed by atoms with E-state index in [1.54, 1.807) is 6.26 Å². The van der Waals surface area contributed by atoms with E-state index in [9.17, 15) is 9.00 Å². The van der Waals surface area contributed by atoms with Gasteiger partial charge >= 0.3 is 6.03 Å². The minimum atomic E-state index is -1.06. The zero-order valence-corrected chi connectivity index (χ0v) is 14.6. The summed E-state index contributed by atoms with van der Waals surface area (Å²) in [7, 11) is -1.06. The lowest BCUT2D eigenvalue weighted by Crippen LogP contribution is -2.19. The molecule has 1 aliphatic carbocycles. The number of allylic oxidation sites excluding steroid dienone is 1. The highest BCUT2D eigenvalue weighted by Gasteiger charge is 2.21. The van der Waals surface area contributed by atoms with Crippen LogP contribution in [0, 0.1) is 6.92 Å². The van der Waals surface area contributed by atoms with Gasteiger partial charge in [0.2, 0.25) is 0 Å². The van der Waals surface area contributed by atoms with Gasteiger partial charge in [-0.25, -0.2) is 4.79 Å². The molecule has 1 aromatic heterocycles. The van der Waals surface area contributed by atoms with Gasteiger partial charge in [-0.05, 0) is 43.0 Å². The van der Waals surface area contributed by atoms with Gasteiger partial charge in [0, 0.05) is 17.5 Å². The molecule has 6 heteroatoms. The standard InChI is InChI=1S/C17H18N2O2S2/c1-11-6-5-7-12(10-11)18-17(20)19-15-13-8-3-4-9-14(13)16(22-15)23(2)21/h4-7,9-10H,3,8H2,1-2H3,(H2,18,19,20). The maximum atomic E-state index is 12.2. The van der Waals surface area contributed by atoms with Crippen LogP contribution in [0.15, 0.2) is 34.6 Å². The smallest absolute Gasteiger partial charge is 0.308 e. The molecule has 0 fully saturated rings. The lowest BCUT2D eigenvalue weighted by atomic mass is 10.0. The first kappa shape index (κ1) is 16.0. The normalized spacial score (nSPS) is 14.2. The van der Waals surface area contributed by atoms with Crippen LogP contribution in [0.1, 0.15) is 23.1 Å². The summed E-state index contributed by atoms with van der Waals surface area (Å²) >= 11 is 1.40. The molecule has 3 rings (SSSR count). The van der Waals surface area contributed by atoms with Crippen molar-refractivity contribution in [2.75, 3.05) is 16.9 Å². The van der Waals surface area contributed by atoms with Crippen LogP contribution >= 0.6 is 11.3 Å². The van der Waals surface area contributed by atoms with Crippen LogP contribution in [0.2, 0.25) is 0 Å². The molecule has 0 spiro atoms. The number of hydrogen-bond donors (Lipinski definition) is 2. The molecule has 2 amide bonds. The lowest BCUT2D eigenvalue weighted by Gasteiger charge is -2.10. The number of carbonyl (C=O) groups excluding carboxylic acids is 1. The Labute approximate surface area is 142 Å². The second kappa shape index (κ2) is 6.68. The van der Waals surface area contributed by atoms with E-state index in [0.717, 1.165) is 44.4 Å². The molecule has 0 aliphatic heterocycles. The number of aryl methyl sites for hydroxylation is 1. The van der Waals surface area contributed by atoms with Crippen molar-refractivity contribution in [3.05, 3.63) is 47.0 Å². The van der Waals surface area contributed by atoms with Crippen LogP contribution in [0.5, 0.6) is 0 Å². The van der Waals surface area contributed by atoms with Crippen molar-refractivity contribution in [3.8, 4) is 0 Å². The van der Waals surface area contributed by atoms with Crippen molar-refractivity contribution in [2.45, 2.75) is 24.0 Å². The van der Waals surface area contributed by atoms with E-state index < -0.39 is 10.8 Å². The highest BCUT2D eigenvalue weighted by molar-refractivity contribution is 7.86. The van der Waals surface area contributed by atoms with Crippen LogP contribution in [0.25, 0.3) is 6.08 Å². The van der Waals surface area contributed by atoms with Gasteiger partial charge in [0.15, 0.2) is 0 Å². The Kier molecular flexibility index (Phi) is 4.63. The summed E-state index contributed by atoms with van der Waals surface area (Å²) in [6.45, 7) is 1.98. The maximum absolute atomic E-state index is 12.2. The van der Waals surface area contributed by atoms with Crippen molar-refractivity contribution in [3.63, 3.8) is 0 Å². The molecular formula is C17H18N2O2S2. The molecule has 4 nitrogen and oxygen atoms in total. The molecule has 0 bridgehead atoms. The van der Waals surface area contributed by atoms with E-state index in [1.807, 2.05) is 37.3 Å². The second-order valence-corrected chi connectivity index (χ2v) is 8.05. The number of amides is 2. The number of thiophene rings is 1. The van der Waals surface area contributed by atoms with Gasteiger partial charge in [0.05, 0.1) is 10.8 Å². The van der Waals surface area contributed by atoms with E-state index >= 15 is 0 Å². The van der Waals surface area contributed by atoms with Crippen molar-refractivity contribution in [1.82, 2.24) is 0 Å². The third kappa shape index (κ3) is 3.54. The van der Waals surface area contributed by atoms with E-state index in [0.29, 0.717) is 0 Å². The summed E-state index contributed by atoms with van der Waals surface area (Å²) in [6.07, 6.45) is 7.57. The summed E-state index contributed by atoms with van der Waals surface area (Å²) in [4.78, 5) is 12.2. The van der Waals surface area contributed by atoms with Gasteiger partial charge in [-0.1, -0.05) is 24.3 Å². The average molecular weight is 346 g/mol. The van der Waals surface area contributed by atoms with Crippen molar-refractivity contribution in [1.29, 1.82) is 0 Å². The fraction of sp³-hybridized carbons (Fsp3) is 0.235. The predicted octanol–water partition coefficient (Wildman–Crippen LogP) is 4.40. The molecular weight excluding hydrogens is 328 g/mol. The molecule has 0 radical (unpaired) electrons. The van der Waals surface area contributed by atoms with Crippen molar-refractivity contribution >= 4 is 44.9 Å². The third-order valence-electron chi connectivity index (χ3n) is 3.62.